The summed E-state index contributed by atoms with van der Waals surface area (Å²) < 4.78 is 19.9. The number of amides is 1. The van der Waals surface area contributed by atoms with Gasteiger partial charge in [0.15, 0.2) is 24.2 Å². The van der Waals surface area contributed by atoms with Gasteiger partial charge in [0.2, 0.25) is 5.78 Å². The van der Waals surface area contributed by atoms with Gasteiger partial charge in [-0.15, -0.1) is 11.3 Å². The van der Waals surface area contributed by atoms with E-state index in [2.05, 4.69) is 5.32 Å². The van der Waals surface area contributed by atoms with Gasteiger partial charge in [0, 0.05) is 27.0 Å². The molecule has 1 unspecified atom stereocenters. The lowest BCUT2D eigenvalue weighted by Gasteiger charge is -2.27. The number of carbonyl (C=O) groups is 3. The summed E-state index contributed by atoms with van der Waals surface area (Å²) in [5.74, 6) is -0.118. The van der Waals surface area contributed by atoms with Crippen LogP contribution in [-0.2, 0) is 16.1 Å². The van der Waals surface area contributed by atoms with Crippen LogP contribution in [0.5, 0.6) is 11.5 Å². The molecule has 3 heterocycles. The lowest BCUT2D eigenvalue weighted by atomic mass is 10.1. The first kappa shape index (κ1) is 25.8. The Morgan fingerprint density at radius 1 is 1.11 bits per heavy atom. The van der Waals surface area contributed by atoms with Gasteiger partial charge < -0.3 is 24.1 Å². The number of hydrogen-bond acceptors (Lipinski definition) is 7. The summed E-state index contributed by atoms with van der Waals surface area (Å²) in [7, 11) is 0. The predicted molar refractivity (Wildman–Crippen MR) is 145 cm³/mol. The fourth-order valence-corrected chi connectivity index (χ4v) is 5.82. The quantitative estimate of drug-likeness (QED) is 0.245. The highest BCUT2D eigenvalue weighted by molar-refractivity contribution is 7.21. The molecule has 10 heteroatoms. The van der Waals surface area contributed by atoms with E-state index in [0.717, 1.165) is 21.5 Å². The van der Waals surface area contributed by atoms with Gasteiger partial charge in [-0.25, -0.2) is 0 Å². The number of hydrogen-bond donors (Lipinski definition) is 1. The van der Waals surface area contributed by atoms with Crippen molar-refractivity contribution < 1.29 is 28.6 Å². The van der Waals surface area contributed by atoms with Crippen molar-refractivity contribution in [2.24, 2.45) is 0 Å². The normalized spacial score (nSPS) is 14.3. The van der Waals surface area contributed by atoms with Crippen LogP contribution in [0.3, 0.4) is 0 Å². The van der Waals surface area contributed by atoms with E-state index in [4.69, 9.17) is 25.8 Å². The van der Waals surface area contributed by atoms with Crippen molar-refractivity contribution in [1.29, 1.82) is 0 Å². The van der Waals surface area contributed by atoms with E-state index in [1.165, 1.54) is 11.3 Å². The van der Waals surface area contributed by atoms with Gasteiger partial charge in [0.1, 0.15) is 18.0 Å². The Labute approximate surface area is 228 Å². The van der Waals surface area contributed by atoms with E-state index in [9.17, 15) is 14.4 Å². The molecular formula is C28H25ClN2O6S. The van der Waals surface area contributed by atoms with E-state index in [0.29, 0.717) is 40.1 Å². The molecule has 0 saturated heterocycles. The third kappa shape index (κ3) is 5.25. The molecule has 0 aliphatic carbocycles. The molecule has 0 spiro atoms. The number of nitrogens with zero attached hydrogens (tertiary/aromatic N) is 1. The molecule has 196 valence electrons. The van der Waals surface area contributed by atoms with Crippen LogP contribution < -0.4 is 14.8 Å². The van der Waals surface area contributed by atoms with Gasteiger partial charge in [-0.1, -0.05) is 41.9 Å². The lowest BCUT2D eigenvalue weighted by Crippen LogP contribution is -2.33. The summed E-state index contributed by atoms with van der Waals surface area (Å²) in [6.45, 7) is 3.84. The Hall–Kier alpha value is -3.82. The SMILES string of the molecule is Cc1cc(C(=O)COC(=O)CNC(=O)c2sc3ccccc3c2Cl)c(C)n1CC1COc2ccccc2O1. The van der Waals surface area contributed by atoms with Crippen LogP contribution in [0.15, 0.2) is 54.6 Å². The van der Waals surface area contributed by atoms with E-state index < -0.39 is 18.5 Å². The minimum Gasteiger partial charge on any atom is -0.486 e. The number of ether oxygens (including phenoxy) is 3. The second kappa shape index (κ2) is 10.9. The Kier molecular flexibility index (Phi) is 7.40. The number of nitrogens with one attached hydrogen (secondary N) is 1. The molecule has 0 saturated carbocycles. The predicted octanol–water partition coefficient (Wildman–Crippen LogP) is 4.97. The zero-order chi connectivity index (χ0) is 26.8. The number of esters is 1. The van der Waals surface area contributed by atoms with Crippen LogP contribution in [0.4, 0.5) is 0 Å². The third-order valence-corrected chi connectivity index (χ3v) is 8.00. The second-order valence-electron chi connectivity index (χ2n) is 8.90. The second-order valence-corrected chi connectivity index (χ2v) is 10.3. The monoisotopic (exact) mass is 552 g/mol. The number of ketones is 1. The summed E-state index contributed by atoms with van der Waals surface area (Å²) in [5.41, 5.74) is 2.10. The van der Waals surface area contributed by atoms with Crippen LogP contribution in [-0.4, -0.2) is 48.1 Å². The van der Waals surface area contributed by atoms with Crippen molar-refractivity contribution in [2.45, 2.75) is 26.5 Å². The fourth-order valence-electron chi connectivity index (χ4n) is 4.39. The van der Waals surface area contributed by atoms with E-state index in [1.807, 2.05) is 66.9 Å². The number of benzene rings is 2. The molecule has 0 radical (unpaired) electrons. The fraction of sp³-hybridized carbons (Fsp3) is 0.250. The van der Waals surface area contributed by atoms with Crippen LogP contribution in [0, 0.1) is 13.8 Å². The maximum absolute atomic E-state index is 12.8. The minimum absolute atomic E-state index is 0.214. The lowest BCUT2D eigenvalue weighted by molar-refractivity contribution is -0.141. The first-order chi connectivity index (χ1) is 18.3. The van der Waals surface area contributed by atoms with E-state index >= 15 is 0 Å². The van der Waals surface area contributed by atoms with Crippen molar-refractivity contribution in [1.82, 2.24) is 9.88 Å². The number of fused-ring (bicyclic) bond motifs is 2. The maximum atomic E-state index is 12.8. The molecule has 0 fully saturated rings. The molecule has 38 heavy (non-hydrogen) atoms. The average molecular weight is 553 g/mol. The number of aryl methyl sites for hydroxylation is 1. The zero-order valence-electron chi connectivity index (χ0n) is 20.8. The summed E-state index contributed by atoms with van der Waals surface area (Å²) in [5, 5.41) is 3.64. The first-order valence-corrected chi connectivity index (χ1v) is 13.2. The number of rotatable bonds is 8. The standard InChI is InChI=1S/C28H25ClN2O6S/c1-16-11-20(17(2)31(16)13-18-14-35-22-8-4-5-9-23(22)37-18)21(32)15-36-25(33)12-30-28(34)27-26(29)19-7-3-6-10-24(19)38-27/h3-11,18H,12-15H2,1-2H3,(H,30,34). The van der Waals surface area contributed by atoms with Gasteiger partial charge >= 0.3 is 5.97 Å². The van der Waals surface area contributed by atoms with Crippen LogP contribution in [0.1, 0.15) is 31.4 Å². The number of halogens is 1. The number of Topliss-reactive ketones (excluding diaryl/α,β-unsaturated/α-hetero) is 1. The molecule has 2 aromatic heterocycles. The summed E-state index contributed by atoms with van der Waals surface area (Å²) >= 11 is 7.57. The highest BCUT2D eigenvalue weighted by Gasteiger charge is 2.24. The summed E-state index contributed by atoms with van der Waals surface area (Å²) in [4.78, 5) is 37.9. The topological polar surface area (TPSA) is 95.9 Å². The Morgan fingerprint density at radius 2 is 1.84 bits per heavy atom. The van der Waals surface area contributed by atoms with Gasteiger partial charge in [-0.3, -0.25) is 14.4 Å². The molecular weight excluding hydrogens is 528 g/mol. The number of aromatic nitrogens is 1. The molecule has 2 aromatic carbocycles. The molecule has 1 aliphatic heterocycles. The Balaban J connectivity index is 1.14. The number of thiophene rings is 1. The largest absolute Gasteiger partial charge is 0.486 e. The van der Waals surface area contributed by atoms with Crippen molar-refractivity contribution in [3.05, 3.63) is 81.4 Å². The molecule has 1 aliphatic rings. The molecule has 4 aromatic rings. The molecule has 0 bridgehead atoms. The van der Waals surface area contributed by atoms with E-state index in [1.54, 1.807) is 6.07 Å². The van der Waals surface area contributed by atoms with Gasteiger partial charge in [-0.05, 0) is 38.1 Å². The maximum Gasteiger partial charge on any atom is 0.325 e. The average Bonchev–Trinajstić information content (AvgIpc) is 3.41. The van der Waals surface area contributed by atoms with Crippen LogP contribution >= 0.6 is 22.9 Å². The Morgan fingerprint density at radius 3 is 2.63 bits per heavy atom. The number of carbonyl (C=O) groups excluding carboxylic acids is 3. The highest BCUT2D eigenvalue weighted by atomic mass is 35.5. The third-order valence-electron chi connectivity index (χ3n) is 6.33. The van der Waals surface area contributed by atoms with Crippen molar-refractivity contribution in [2.75, 3.05) is 19.8 Å². The van der Waals surface area contributed by atoms with Gasteiger partial charge in [0.25, 0.3) is 5.91 Å². The zero-order valence-corrected chi connectivity index (χ0v) is 22.4. The van der Waals surface area contributed by atoms with Crippen LogP contribution in [0.2, 0.25) is 5.02 Å². The molecule has 5 rings (SSSR count). The van der Waals surface area contributed by atoms with Crippen molar-refractivity contribution >= 4 is 50.7 Å². The number of para-hydroxylation sites is 2. The minimum atomic E-state index is -0.718. The summed E-state index contributed by atoms with van der Waals surface area (Å²) in [6, 6.07) is 16.7. The highest BCUT2D eigenvalue weighted by Crippen LogP contribution is 2.35. The first-order valence-electron chi connectivity index (χ1n) is 12.0. The molecule has 1 atom stereocenters. The van der Waals surface area contributed by atoms with Gasteiger partial charge in [-0.2, -0.15) is 0 Å². The van der Waals surface area contributed by atoms with Crippen molar-refractivity contribution in [3.8, 4) is 11.5 Å². The molecule has 8 nitrogen and oxygen atoms in total. The summed E-state index contributed by atoms with van der Waals surface area (Å²) in [6.07, 6.45) is -0.214. The molecule has 1 N–H and O–H groups in total. The smallest absolute Gasteiger partial charge is 0.325 e. The van der Waals surface area contributed by atoms with E-state index in [-0.39, 0.29) is 18.4 Å². The Bertz CT molecular complexity index is 1540. The van der Waals surface area contributed by atoms with Crippen molar-refractivity contribution in [3.63, 3.8) is 0 Å². The van der Waals surface area contributed by atoms with Gasteiger partial charge in [0.05, 0.1) is 11.6 Å². The molecule has 1 amide bonds. The van der Waals surface area contributed by atoms with Crippen LogP contribution in [0.25, 0.3) is 10.1 Å².